The molecule has 1 saturated heterocycles. The summed E-state index contributed by atoms with van der Waals surface area (Å²) in [5, 5.41) is 3.19. The molecule has 0 atom stereocenters. The second-order valence-corrected chi connectivity index (χ2v) is 7.86. The number of H-pyrrole nitrogens is 1. The molecule has 7 heteroatoms. The lowest BCUT2D eigenvalue weighted by Crippen LogP contribution is -2.46. The van der Waals surface area contributed by atoms with E-state index in [-0.39, 0.29) is 22.6 Å². The van der Waals surface area contributed by atoms with Crippen molar-refractivity contribution in [3.63, 3.8) is 0 Å². The summed E-state index contributed by atoms with van der Waals surface area (Å²) in [6.07, 6.45) is 4.15. The summed E-state index contributed by atoms with van der Waals surface area (Å²) in [7, 11) is 0. The average molecular weight is 380 g/mol. The number of aryl methyl sites for hydroxylation is 1. The molecule has 0 unspecified atom stereocenters. The van der Waals surface area contributed by atoms with Crippen molar-refractivity contribution in [1.29, 1.82) is 0 Å². The third kappa shape index (κ3) is 3.30. The smallest absolute Gasteiger partial charge is 0.271 e. The number of aromatic amines is 1. The maximum absolute atomic E-state index is 12.7. The highest BCUT2D eigenvalue weighted by molar-refractivity contribution is 7.09. The number of nitrogens with zero attached hydrogens (tertiary/aromatic N) is 3. The number of hydrogen-bond donors (Lipinski definition) is 1. The van der Waals surface area contributed by atoms with Crippen molar-refractivity contribution in [3.05, 3.63) is 80.4 Å². The molecule has 1 fully saturated rings. The molecule has 3 aromatic rings. The van der Waals surface area contributed by atoms with E-state index in [0.29, 0.717) is 13.1 Å². The number of aromatic nitrogens is 3. The van der Waals surface area contributed by atoms with Crippen molar-refractivity contribution in [1.82, 2.24) is 19.9 Å². The van der Waals surface area contributed by atoms with Crippen molar-refractivity contribution >= 4 is 17.2 Å². The lowest BCUT2D eigenvalue weighted by molar-refractivity contribution is 0.0677. The van der Waals surface area contributed by atoms with E-state index < -0.39 is 0 Å². The Morgan fingerprint density at radius 1 is 1.19 bits per heavy atom. The van der Waals surface area contributed by atoms with Crippen LogP contribution in [0, 0.1) is 6.92 Å². The van der Waals surface area contributed by atoms with E-state index in [4.69, 9.17) is 4.98 Å². The number of rotatable bonds is 3. The van der Waals surface area contributed by atoms with Gasteiger partial charge in [0.15, 0.2) is 0 Å². The fourth-order valence-electron chi connectivity index (χ4n) is 3.78. The fraction of sp³-hybridized carbons (Fsp3) is 0.300. The number of piperidine rings is 1. The van der Waals surface area contributed by atoms with Gasteiger partial charge in [0.05, 0.1) is 23.1 Å². The van der Waals surface area contributed by atoms with Gasteiger partial charge in [-0.15, -0.1) is 11.3 Å². The van der Waals surface area contributed by atoms with Crippen molar-refractivity contribution < 1.29 is 4.79 Å². The number of amides is 1. The molecule has 0 bridgehead atoms. The van der Waals surface area contributed by atoms with Gasteiger partial charge in [0, 0.05) is 23.9 Å². The SMILES string of the molecule is Cc1nc(C2(c3ccccc3)CCN(C(=O)c3cncc(=O)[nH]3)CC2)cs1. The highest BCUT2D eigenvalue weighted by Crippen LogP contribution is 2.42. The Bertz CT molecular complexity index is 1000. The van der Waals surface area contributed by atoms with Crippen LogP contribution < -0.4 is 5.56 Å². The minimum Gasteiger partial charge on any atom is -0.337 e. The van der Waals surface area contributed by atoms with Crippen LogP contribution in [0.15, 0.2) is 52.9 Å². The monoisotopic (exact) mass is 380 g/mol. The van der Waals surface area contributed by atoms with E-state index in [1.54, 1.807) is 16.2 Å². The lowest BCUT2D eigenvalue weighted by atomic mass is 9.70. The number of nitrogens with one attached hydrogen (secondary N) is 1. The van der Waals surface area contributed by atoms with Crippen molar-refractivity contribution in [3.8, 4) is 0 Å². The molecule has 138 valence electrons. The fourth-order valence-corrected chi connectivity index (χ4v) is 4.49. The highest BCUT2D eigenvalue weighted by Gasteiger charge is 2.40. The van der Waals surface area contributed by atoms with Gasteiger partial charge in [0.1, 0.15) is 5.69 Å². The predicted molar refractivity (Wildman–Crippen MR) is 104 cm³/mol. The van der Waals surface area contributed by atoms with Crippen LogP contribution in [0.5, 0.6) is 0 Å². The first-order valence-corrected chi connectivity index (χ1v) is 9.78. The van der Waals surface area contributed by atoms with Crippen LogP contribution in [-0.2, 0) is 5.41 Å². The van der Waals surface area contributed by atoms with Gasteiger partial charge in [-0.3, -0.25) is 14.6 Å². The largest absolute Gasteiger partial charge is 0.337 e. The van der Waals surface area contributed by atoms with Gasteiger partial charge in [0.25, 0.3) is 11.5 Å². The first-order valence-electron chi connectivity index (χ1n) is 8.90. The minimum absolute atomic E-state index is 0.184. The summed E-state index contributed by atoms with van der Waals surface area (Å²) < 4.78 is 0. The van der Waals surface area contributed by atoms with Crippen molar-refractivity contribution in [2.24, 2.45) is 0 Å². The Morgan fingerprint density at radius 3 is 2.56 bits per heavy atom. The van der Waals surface area contributed by atoms with Crippen LogP contribution in [0.3, 0.4) is 0 Å². The number of thiazole rings is 1. The number of likely N-dealkylation sites (tertiary alicyclic amines) is 1. The van der Waals surface area contributed by atoms with Crippen LogP contribution in [0.2, 0.25) is 0 Å². The van der Waals surface area contributed by atoms with Gasteiger partial charge in [-0.1, -0.05) is 30.3 Å². The standard InChI is InChI=1S/C20H20N4O2S/c1-14-22-17(13-27-14)20(15-5-3-2-4-6-15)7-9-24(10-8-20)19(26)16-11-21-12-18(25)23-16/h2-6,11-13H,7-10H2,1H3,(H,23,25). The van der Waals surface area contributed by atoms with E-state index in [2.05, 4.69) is 27.5 Å². The lowest BCUT2D eigenvalue weighted by Gasteiger charge is -2.41. The molecule has 27 heavy (non-hydrogen) atoms. The Morgan fingerprint density at radius 2 is 1.93 bits per heavy atom. The Balaban J connectivity index is 1.62. The molecule has 1 aliphatic rings. The van der Waals surface area contributed by atoms with Crippen molar-refractivity contribution in [2.45, 2.75) is 25.2 Å². The predicted octanol–water partition coefficient (Wildman–Crippen LogP) is 2.76. The van der Waals surface area contributed by atoms with Crippen LogP contribution in [0.25, 0.3) is 0 Å². The van der Waals surface area contributed by atoms with Gasteiger partial charge >= 0.3 is 0 Å². The summed E-state index contributed by atoms with van der Waals surface area (Å²) in [4.78, 5) is 37.2. The summed E-state index contributed by atoms with van der Waals surface area (Å²) >= 11 is 1.66. The number of hydrogen-bond acceptors (Lipinski definition) is 5. The first kappa shape index (κ1) is 17.6. The zero-order valence-electron chi connectivity index (χ0n) is 15.0. The molecule has 1 aromatic carbocycles. The zero-order valence-corrected chi connectivity index (χ0v) is 15.8. The molecule has 0 aliphatic carbocycles. The van der Waals surface area contributed by atoms with Crippen LogP contribution in [0.1, 0.15) is 39.6 Å². The molecule has 1 N–H and O–H groups in total. The van der Waals surface area contributed by atoms with E-state index >= 15 is 0 Å². The topological polar surface area (TPSA) is 79.0 Å². The molecule has 0 saturated carbocycles. The third-order valence-corrected chi connectivity index (χ3v) is 6.00. The normalized spacial score (nSPS) is 16.3. The van der Waals surface area contributed by atoms with Gasteiger partial charge in [0.2, 0.25) is 0 Å². The van der Waals surface area contributed by atoms with Crippen LogP contribution in [0.4, 0.5) is 0 Å². The molecule has 0 radical (unpaired) electrons. The maximum Gasteiger partial charge on any atom is 0.271 e. The average Bonchev–Trinajstić information content (AvgIpc) is 3.15. The van der Waals surface area contributed by atoms with E-state index in [1.165, 1.54) is 11.8 Å². The number of carbonyl (C=O) groups is 1. The third-order valence-electron chi connectivity index (χ3n) is 5.22. The van der Waals surface area contributed by atoms with Crippen LogP contribution in [-0.4, -0.2) is 38.8 Å². The van der Waals surface area contributed by atoms with Gasteiger partial charge in [-0.25, -0.2) is 4.98 Å². The molecule has 6 nitrogen and oxygen atoms in total. The first-order chi connectivity index (χ1) is 13.1. The second kappa shape index (κ2) is 7.08. The van der Waals surface area contributed by atoms with Gasteiger partial charge in [-0.2, -0.15) is 0 Å². The second-order valence-electron chi connectivity index (χ2n) is 6.80. The van der Waals surface area contributed by atoms with E-state index in [1.807, 2.05) is 25.1 Å². The quantitative estimate of drug-likeness (QED) is 0.758. The maximum atomic E-state index is 12.7. The van der Waals surface area contributed by atoms with E-state index in [9.17, 15) is 9.59 Å². The van der Waals surface area contributed by atoms with Gasteiger partial charge < -0.3 is 9.88 Å². The highest BCUT2D eigenvalue weighted by atomic mass is 32.1. The van der Waals surface area contributed by atoms with Crippen LogP contribution >= 0.6 is 11.3 Å². The zero-order chi connectivity index (χ0) is 18.9. The molecule has 3 heterocycles. The van der Waals surface area contributed by atoms with Crippen molar-refractivity contribution in [2.75, 3.05) is 13.1 Å². The summed E-state index contributed by atoms with van der Waals surface area (Å²) in [6, 6.07) is 10.4. The number of carbonyl (C=O) groups excluding carboxylic acids is 1. The summed E-state index contributed by atoms with van der Waals surface area (Å²) in [5.74, 6) is -0.184. The summed E-state index contributed by atoms with van der Waals surface area (Å²) in [6.45, 7) is 3.21. The Labute approximate surface area is 160 Å². The molecule has 2 aromatic heterocycles. The minimum atomic E-state index is -0.366. The molecule has 1 aliphatic heterocycles. The Kier molecular flexibility index (Phi) is 4.61. The summed E-state index contributed by atoms with van der Waals surface area (Å²) in [5.41, 5.74) is 1.99. The number of benzene rings is 1. The van der Waals surface area contributed by atoms with Gasteiger partial charge in [-0.05, 0) is 25.3 Å². The van der Waals surface area contributed by atoms with E-state index in [0.717, 1.165) is 29.7 Å². The molecular weight excluding hydrogens is 360 g/mol. The molecule has 0 spiro atoms. The Hall–Kier alpha value is -2.80. The molecule has 1 amide bonds. The molecule has 4 rings (SSSR count). The molecular formula is C20H20N4O2S.